The molecule has 1 saturated heterocycles. The first-order valence-corrected chi connectivity index (χ1v) is 23.4. The third-order valence-corrected chi connectivity index (χ3v) is 12.7. The first-order chi connectivity index (χ1) is 34.7. The van der Waals surface area contributed by atoms with Crippen LogP contribution in [0, 0.1) is 0 Å². The number of aliphatic imine (C=N–C) groups is 3. The second kappa shape index (κ2) is 21.3. The summed E-state index contributed by atoms with van der Waals surface area (Å²) in [5.74, 6) is -0.695. The smallest absolute Gasteiger partial charge is 0.406 e. The van der Waals surface area contributed by atoms with Gasteiger partial charge in [0.05, 0.1) is 50.3 Å². The molecule has 6 aromatic carbocycles. The van der Waals surface area contributed by atoms with E-state index in [-0.39, 0.29) is 33.6 Å². The molecule has 0 spiro atoms. The Labute approximate surface area is 434 Å². The lowest BCUT2D eigenvalue weighted by atomic mass is 10.0. The van der Waals surface area contributed by atoms with Crippen molar-refractivity contribution in [2.75, 3.05) is 38.1 Å². The third-order valence-electron chi connectivity index (χ3n) is 11.8. The summed E-state index contributed by atoms with van der Waals surface area (Å²) in [5, 5.41) is 1.00. The molecule has 0 aliphatic carbocycles. The highest BCUT2D eigenvalue weighted by Gasteiger charge is 2.39. The van der Waals surface area contributed by atoms with Gasteiger partial charge in [-0.15, -0.1) is 26.3 Å². The van der Waals surface area contributed by atoms with Crippen molar-refractivity contribution in [2.24, 2.45) is 15.0 Å². The minimum absolute atomic E-state index is 0.00922. The predicted molar refractivity (Wildman–Crippen MR) is 261 cm³/mol. The van der Waals surface area contributed by atoms with Crippen molar-refractivity contribution in [2.45, 2.75) is 44.3 Å². The van der Waals surface area contributed by atoms with E-state index in [0.717, 1.165) is 73.0 Å². The van der Waals surface area contributed by atoms with Crippen molar-refractivity contribution in [1.29, 1.82) is 0 Å². The van der Waals surface area contributed by atoms with E-state index in [2.05, 4.69) is 41.3 Å². The fourth-order valence-electron chi connectivity index (χ4n) is 8.35. The summed E-state index contributed by atoms with van der Waals surface area (Å²) >= 11 is 23.7. The fraction of sp³-hybridized carbons (Fsp3) is 0.235. The van der Waals surface area contributed by atoms with E-state index >= 15 is 0 Å². The first kappa shape index (κ1) is 54.3. The second-order valence-corrected chi connectivity index (χ2v) is 18.7. The third kappa shape index (κ3) is 13.5. The lowest BCUT2D eigenvalue weighted by Gasteiger charge is -2.34. The van der Waals surface area contributed by atoms with Gasteiger partial charge in [0.2, 0.25) is 0 Å². The molecule has 7 nitrogen and oxygen atoms in total. The van der Waals surface area contributed by atoms with Crippen molar-refractivity contribution in [3.8, 4) is 11.5 Å². The molecule has 1 fully saturated rings. The van der Waals surface area contributed by atoms with Crippen LogP contribution in [0.2, 0.25) is 20.1 Å². The highest BCUT2D eigenvalue weighted by molar-refractivity contribution is 6.37. The maximum absolute atomic E-state index is 13.3. The molecular formula is C51H35Cl4F12N5O2. The number of nitrogens with zero attached hydrogens (tertiary/aromatic N) is 5. The van der Waals surface area contributed by atoms with Crippen LogP contribution in [0.5, 0.6) is 11.5 Å². The lowest BCUT2D eigenvalue weighted by Crippen LogP contribution is -2.44. The van der Waals surface area contributed by atoms with Gasteiger partial charge < -0.3 is 19.3 Å². The number of ether oxygens (including phenoxy) is 2. The number of fused-ring (bicyclic) bond motifs is 3. The average Bonchev–Trinajstić information content (AvgIpc) is 4.06. The van der Waals surface area contributed by atoms with E-state index in [1.165, 1.54) is 42.5 Å². The van der Waals surface area contributed by atoms with Gasteiger partial charge in [-0.3, -0.25) is 15.0 Å². The normalized spacial score (nSPS) is 15.4. The zero-order valence-corrected chi connectivity index (χ0v) is 41.0. The zero-order chi connectivity index (χ0) is 53.5. The average molecular weight is 1120 g/mol. The molecule has 23 heteroatoms. The van der Waals surface area contributed by atoms with E-state index < -0.39 is 42.0 Å². The molecule has 388 valence electrons. The molecule has 0 unspecified atom stereocenters. The van der Waals surface area contributed by atoms with Crippen molar-refractivity contribution in [3.63, 3.8) is 0 Å². The van der Waals surface area contributed by atoms with Crippen LogP contribution in [0.3, 0.4) is 0 Å². The Morgan fingerprint density at radius 2 is 0.770 bits per heavy atom. The van der Waals surface area contributed by atoms with Gasteiger partial charge in [-0.1, -0.05) is 58.5 Å². The molecule has 0 aromatic heterocycles. The number of likely N-dealkylation sites (N-methyl/N-ethyl adjacent to an activating group) is 1. The summed E-state index contributed by atoms with van der Waals surface area (Å²) in [5.41, 5.74) is 5.17. The molecule has 74 heavy (non-hydrogen) atoms. The van der Waals surface area contributed by atoms with Crippen LogP contribution in [0.1, 0.15) is 44.5 Å². The maximum atomic E-state index is 13.3. The lowest BCUT2D eigenvalue weighted by molar-refractivity contribution is -0.275. The number of alkyl halides is 12. The highest BCUT2D eigenvalue weighted by atomic mass is 35.5. The molecule has 0 atom stereocenters. The minimum atomic E-state index is -4.82. The molecule has 4 aliphatic rings. The van der Waals surface area contributed by atoms with Crippen molar-refractivity contribution >= 4 is 86.3 Å². The summed E-state index contributed by atoms with van der Waals surface area (Å²) in [4.78, 5) is 17.3. The van der Waals surface area contributed by atoms with Gasteiger partial charge in [-0.05, 0) is 137 Å². The molecule has 4 aliphatic heterocycles. The summed E-state index contributed by atoms with van der Waals surface area (Å²) in [6.07, 6.45) is -17.6. The highest BCUT2D eigenvalue weighted by Crippen LogP contribution is 2.45. The van der Waals surface area contributed by atoms with Crippen LogP contribution >= 0.6 is 46.4 Å². The van der Waals surface area contributed by atoms with Gasteiger partial charge in [-0.2, -0.15) is 26.3 Å². The predicted octanol–water partition coefficient (Wildman–Crippen LogP) is 16.3. The Morgan fingerprint density at radius 3 is 1.14 bits per heavy atom. The number of piperazine rings is 1. The van der Waals surface area contributed by atoms with E-state index in [1.807, 2.05) is 24.3 Å². The van der Waals surface area contributed by atoms with Gasteiger partial charge in [0.15, 0.2) is 0 Å². The summed E-state index contributed by atoms with van der Waals surface area (Å²) in [6, 6.07) is 26.3. The molecule has 0 bridgehead atoms. The Bertz CT molecular complexity index is 3150. The fourth-order valence-corrected chi connectivity index (χ4v) is 9.41. The van der Waals surface area contributed by atoms with E-state index in [9.17, 15) is 52.7 Å². The molecule has 6 aromatic rings. The number of rotatable bonds is 6. The van der Waals surface area contributed by atoms with Crippen LogP contribution < -0.4 is 14.4 Å². The molecular weight excluding hydrogens is 1080 g/mol. The minimum Gasteiger partial charge on any atom is -0.406 e. The number of halogens is 16. The van der Waals surface area contributed by atoms with Crippen LogP contribution in [0.25, 0.3) is 0 Å². The summed E-state index contributed by atoms with van der Waals surface area (Å²) in [6.45, 7) is 3.97. The van der Waals surface area contributed by atoms with Crippen LogP contribution in [-0.4, -0.2) is 68.0 Å². The van der Waals surface area contributed by atoms with E-state index in [1.54, 1.807) is 18.2 Å². The molecule has 4 heterocycles. The quantitative estimate of drug-likeness (QED) is 0.156. The van der Waals surface area contributed by atoms with Crippen LogP contribution in [0.4, 0.5) is 75.4 Å². The number of hydrogen-bond acceptors (Lipinski definition) is 7. The van der Waals surface area contributed by atoms with E-state index in [0.29, 0.717) is 62.3 Å². The Balaban J connectivity index is 0.000000149. The Kier molecular flexibility index (Phi) is 15.6. The summed E-state index contributed by atoms with van der Waals surface area (Å²) < 4.78 is 160. The standard InChI is InChI=1S/C20H19ClF3N3.C16H8ClF6NO.C15H8Cl2F3NO/c1-26-6-8-27(9-7-26)16-4-2-13(3-5-16)18-11-14-10-15(21)12-17(19(14)25-18)20(22,23)24;17-10-5-9-6-13(24-14(9)12(7-10)15(18,19)20)8-1-3-11(4-2-8)25-16(21,22)23;16-10-5-9-6-13(21-14(9)12(17)7-10)8-1-3-11(4-2-8)22-15(18,19)20/h2-5,10,12H,6-9,11H2,1H3;1-5,7H,6H2;1-5,7H,6H2. The largest absolute Gasteiger partial charge is 0.573 e. The first-order valence-electron chi connectivity index (χ1n) is 21.9. The Morgan fingerprint density at radius 1 is 0.432 bits per heavy atom. The van der Waals surface area contributed by atoms with Gasteiger partial charge in [0.25, 0.3) is 0 Å². The van der Waals surface area contributed by atoms with Gasteiger partial charge >= 0.3 is 25.1 Å². The molecule has 0 radical (unpaired) electrons. The van der Waals surface area contributed by atoms with Gasteiger partial charge in [-0.25, -0.2) is 0 Å². The van der Waals surface area contributed by atoms with Crippen molar-refractivity contribution in [1.82, 2.24) is 4.90 Å². The monoisotopic (exact) mass is 1120 g/mol. The molecule has 0 amide bonds. The zero-order valence-electron chi connectivity index (χ0n) is 37.9. The summed E-state index contributed by atoms with van der Waals surface area (Å²) in [7, 11) is 2.11. The molecule has 0 saturated carbocycles. The van der Waals surface area contributed by atoms with Gasteiger partial charge in [0.1, 0.15) is 11.5 Å². The SMILES string of the molecule is CN1CCN(c2ccc(C3=Nc4c(cc(Cl)cc4C(F)(F)F)C3)cc2)CC1.FC(F)(F)Oc1ccc(C2=Nc3c(Cl)cc(Cl)cc3C2)cc1.FC(F)(F)Oc1ccc(C2=Nc3c(cc(Cl)cc3C(F)(F)F)C2)cc1. The molecule has 10 rings (SSSR count). The maximum Gasteiger partial charge on any atom is 0.573 e. The van der Waals surface area contributed by atoms with Gasteiger partial charge in [0, 0.05) is 66.2 Å². The molecule has 0 N–H and O–H groups in total. The Hall–Kier alpha value is -5.99. The van der Waals surface area contributed by atoms with Crippen LogP contribution in [0.15, 0.2) is 124 Å². The number of anilines is 1. The van der Waals surface area contributed by atoms with Crippen LogP contribution in [-0.2, 0) is 31.6 Å². The number of benzene rings is 6. The second-order valence-electron chi connectivity index (χ2n) is 17.0. The van der Waals surface area contributed by atoms with E-state index in [4.69, 9.17) is 46.4 Å². The topological polar surface area (TPSA) is 62.0 Å². The number of hydrogen-bond donors (Lipinski definition) is 0. The van der Waals surface area contributed by atoms with Crippen molar-refractivity contribution in [3.05, 3.63) is 174 Å². The van der Waals surface area contributed by atoms with Crippen molar-refractivity contribution < 1.29 is 62.2 Å².